The van der Waals surface area contributed by atoms with Crippen LogP contribution in [0, 0.1) is 5.82 Å². The lowest BCUT2D eigenvalue weighted by Gasteiger charge is -2.11. The molecule has 0 saturated heterocycles. The van der Waals surface area contributed by atoms with Gasteiger partial charge in [0.1, 0.15) is 5.82 Å². The highest BCUT2D eigenvalue weighted by molar-refractivity contribution is 5.51. The third-order valence-electron chi connectivity index (χ3n) is 2.67. The minimum atomic E-state index is -0.234. The van der Waals surface area contributed by atoms with Crippen molar-refractivity contribution in [2.45, 2.75) is 13.0 Å². The Bertz CT molecular complexity index is 500. The summed E-state index contributed by atoms with van der Waals surface area (Å²) in [5.41, 5.74) is 8.28. The van der Waals surface area contributed by atoms with Crippen LogP contribution in [0.3, 0.4) is 0 Å². The van der Waals surface area contributed by atoms with Gasteiger partial charge in [-0.3, -0.25) is 4.98 Å². The lowest BCUT2D eigenvalue weighted by molar-refractivity contribution is 0.625. The smallest absolute Gasteiger partial charge is 0.123 e. The van der Waals surface area contributed by atoms with Crippen molar-refractivity contribution in [3.63, 3.8) is 0 Å². The molecule has 0 spiro atoms. The van der Waals surface area contributed by atoms with Crippen molar-refractivity contribution in [3.8, 4) is 0 Å². The van der Waals surface area contributed by atoms with Crippen LogP contribution in [0.15, 0.2) is 42.6 Å². The van der Waals surface area contributed by atoms with E-state index in [1.54, 1.807) is 12.3 Å². The molecule has 0 aliphatic rings. The number of aromatic nitrogens is 1. The molecule has 1 aromatic carbocycles. The summed E-state index contributed by atoms with van der Waals surface area (Å²) in [5.74, 6) is -0.234. The van der Waals surface area contributed by atoms with E-state index in [1.807, 2.05) is 18.2 Å². The Morgan fingerprint density at radius 1 is 1.22 bits per heavy atom. The molecule has 2 aromatic rings. The van der Waals surface area contributed by atoms with Crippen LogP contribution in [0.4, 0.5) is 10.1 Å². The molecule has 0 aliphatic heterocycles. The highest BCUT2D eigenvalue weighted by Crippen LogP contribution is 2.18. The SMILES string of the molecule is NCCc1cc(F)ccc1NCc1ccccn1. The van der Waals surface area contributed by atoms with Crippen LogP contribution < -0.4 is 11.1 Å². The Morgan fingerprint density at radius 2 is 2.11 bits per heavy atom. The van der Waals surface area contributed by atoms with Gasteiger partial charge in [-0.25, -0.2) is 4.39 Å². The number of nitrogens with zero attached hydrogens (tertiary/aromatic N) is 1. The highest BCUT2D eigenvalue weighted by Gasteiger charge is 2.03. The van der Waals surface area contributed by atoms with Crippen LogP contribution in [-0.4, -0.2) is 11.5 Å². The Morgan fingerprint density at radius 3 is 2.83 bits per heavy atom. The van der Waals surface area contributed by atoms with Crippen molar-refractivity contribution < 1.29 is 4.39 Å². The molecular formula is C14H16FN3. The summed E-state index contributed by atoms with van der Waals surface area (Å²) in [5, 5.41) is 3.26. The summed E-state index contributed by atoms with van der Waals surface area (Å²) in [6, 6.07) is 10.5. The number of nitrogens with one attached hydrogen (secondary N) is 1. The molecule has 0 unspecified atom stereocenters. The number of nitrogens with two attached hydrogens (primary N) is 1. The fraction of sp³-hybridized carbons (Fsp3) is 0.214. The first-order chi connectivity index (χ1) is 8.79. The van der Waals surface area contributed by atoms with Gasteiger partial charge in [0.25, 0.3) is 0 Å². The Kier molecular flexibility index (Phi) is 4.25. The molecule has 0 amide bonds. The first kappa shape index (κ1) is 12.5. The number of benzene rings is 1. The molecule has 4 heteroatoms. The van der Waals surface area contributed by atoms with E-state index in [0.29, 0.717) is 19.5 Å². The molecule has 0 radical (unpaired) electrons. The quantitative estimate of drug-likeness (QED) is 0.850. The first-order valence-electron chi connectivity index (χ1n) is 5.92. The number of hydrogen-bond acceptors (Lipinski definition) is 3. The minimum absolute atomic E-state index is 0.234. The van der Waals surface area contributed by atoms with Gasteiger partial charge in [-0.15, -0.1) is 0 Å². The molecule has 0 atom stereocenters. The van der Waals surface area contributed by atoms with Gasteiger partial charge in [0.05, 0.1) is 12.2 Å². The molecular weight excluding hydrogens is 229 g/mol. The first-order valence-corrected chi connectivity index (χ1v) is 5.92. The molecule has 18 heavy (non-hydrogen) atoms. The van der Waals surface area contributed by atoms with Gasteiger partial charge in [-0.1, -0.05) is 6.07 Å². The molecule has 0 bridgehead atoms. The Balaban J connectivity index is 2.09. The van der Waals surface area contributed by atoms with E-state index in [9.17, 15) is 4.39 Å². The lowest BCUT2D eigenvalue weighted by atomic mass is 10.1. The zero-order chi connectivity index (χ0) is 12.8. The van der Waals surface area contributed by atoms with E-state index in [4.69, 9.17) is 5.73 Å². The molecule has 3 N–H and O–H groups in total. The highest BCUT2D eigenvalue weighted by atomic mass is 19.1. The summed E-state index contributed by atoms with van der Waals surface area (Å²) in [6.45, 7) is 1.12. The maximum Gasteiger partial charge on any atom is 0.123 e. The molecule has 3 nitrogen and oxygen atoms in total. The monoisotopic (exact) mass is 245 g/mol. The second kappa shape index (κ2) is 6.12. The van der Waals surface area contributed by atoms with E-state index in [1.165, 1.54) is 12.1 Å². The van der Waals surface area contributed by atoms with Crippen LogP contribution in [0.25, 0.3) is 0 Å². The average Bonchev–Trinajstić information content (AvgIpc) is 2.39. The predicted molar refractivity (Wildman–Crippen MR) is 70.7 cm³/mol. The van der Waals surface area contributed by atoms with Gasteiger partial charge >= 0.3 is 0 Å². The fourth-order valence-electron chi connectivity index (χ4n) is 1.79. The van der Waals surface area contributed by atoms with Crippen molar-refractivity contribution in [2.75, 3.05) is 11.9 Å². The third kappa shape index (κ3) is 3.28. The van der Waals surface area contributed by atoms with E-state index < -0.39 is 0 Å². The molecule has 0 aliphatic carbocycles. The van der Waals surface area contributed by atoms with Gasteiger partial charge in [-0.2, -0.15) is 0 Å². The molecule has 1 heterocycles. The van der Waals surface area contributed by atoms with E-state index >= 15 is 0 Å². The third-order valence-corrected chi connectivity index (χ3v) is 2.67. The van der Waals surface area contributed by atoms with Crippen molar-refractivity contribution in [3.05, 3.63) is 59.7 Å². The molecule has 0 fully saturated rings. The van der Waals surface area contributed by atoms with Crippen molar-refractivity contribution >= 4 is 5.69 Å². The summed E-state index contributed by atoms with van der Waals surface area (Å²) >= 11 is 0. The van der Waals surface area contributed by atoms with Gasteiger partial charge < -0.3 is 11.1 Å². The van der Waals surface area contributed by atoms with Crippen molar-refractivity contribution in [1.82, 2.24) is 4.98 Å². The molecule has 94 valence electrons. The van der Waals surface area contributed by atoms with Crippen molar-refractivity contribution in [2.24, 2.45) is 5.73 Å². The number of rotatable bonds is 5. The van der Waals surface area contributed by atoms with E-state index in [-0.39, 0.29) is 5.82 Å². The van der Waals surface area contributed by atoms with E-state index in [0.717, 1.165) is 16.9 Å². The number of pyridine rings is 1. The molecule has 1 aromatic heterocycles. The second-order valence-corrected chi connectivity index (χ2v) is 4.01. The molecule has 0 saturated carbocycles. The average molecular weight is 245 g/mol. The minimum Gasteiger partial charge on any atom is -0.379 e. The van der Waals surface area contributed by atoms with E-state index in [2.05, 4.69) is 10.3 Å². The van der Waals surface area contributed by atoms with Gasteiger partial charge in [-0.05, 0) is 48.9 Å². The maximum absolute atomic E-state index is 13.2. The summed E-state index contributed by atoms with van der Waals surface area (Å²) in [6.07, 6.45) is 2.41. The maximum atomic E-state index is 13.2. The van der Waals surface area contributed by atoms with Gasteiger partial charge in [0.15, 0.2) is 0 Å². The van der Waals surface area contributed by atoms with Crippen LogP contribution >= 0.6 is 0 Å². The van der Waals surface area contributed by atoms with Crippen LogP contribution in [0.2, 0.25) is 0 Å². The normalized spacial score (nSPS) is 10.3. The Hall–Kier alpha value is -1.94. The number of halogens is 1. The zero-order valence-corrected chi connectivity index (χ0v) is 10.1. The topological polar surface area (TPSA) is 50.9 Å². The number of anilines is 1. The second-order valence-electron chi connectivity index (χ2n) is 4.01. The van der Waals surface area contributed by atoms with Gasteiger partial charge in [0, 0.05) is 11.9 Å². The van der Waals surface area contributed by atoms with Crippen LogP contribution in [0.5, 0.6) is 0 Å². The summed E-state index contributed by atoms with van der Waals surface area (Å²) in [7, 11) is 0. The lowest BCUT2D eigenvalue weighted by Crippen LogP contribution is -2.08. The standard InChI is InChI=1S/C14H16FN3/c15-12-4-5-14(11(9-12)6-7-16)18-10-13-3-1-2-8-17-13/h1-5,8-9,18H,6-7,10,16H2. The fourth-order valence-corrected chi connectivity index (χ4v) is 1.79. The Labute approximate surface area is 106 Å². The summed E-state index contributed by atoms with van der Waals surface area (Å²) < 4.78 is 13.2. The van der Waals surface area contributed by atoms with Crippen LogP contribution in [-0.2, 0) is 13.0 Å². The van der Waals surface area contributed by atoms with Gasteiger partial charge in [0.2, 0.25) is 0 Å². The zero-order valence-electron chi connectivity index (χ0n) is 10.1. The number of hydrogen-bond donors (Lipinski definition) is 2. The van der Waals surface area contributed by atoms with Crippen LogP contribution in [0.1, 0.15) is 11.3 Å². The summed E-state index contributed by atoms with van der Waals surface area (Å²) in [4.78, 5) is 4.23. The predicted octanol–water partition coefficient (Wildman–Crippen LogP) is 2.33. The largest absolute Gasteiger partial charge is 0.379 e. The molecule has 2 rings (SSSR count). The van der Waals surface area contributed by atoms with Crippen molar-refractivity contribution in [1.29, 1.82) is 0 Å².